The van der Waals surface area contributed by atoms with Crippen molar-refractivity contribution in [3.8, 4) is 6.07 Å². The first kappa shape index (κ1) is 10.5. The van der Waals surface area contributed by atoms with Gasteiger partial charge in [-0.3, -0.25) is 4.90 Å². The summed E-state index contributed by atoms with van der Waals surface area (Å²) in [6.07, 6.45) is 2.61. The molecule has 0 bridgehead atoms. The number of nitriles is 1. The quantitative estimate of drug-likeness (QED) is 0.661. The summed E-state index contributed by atoms with van der Waals surface area (Å²) in [7, 11) is 0. The third-order valence-corrected chi connectivity index (χ3v) is 2.83. The molecule has 1 rings (SSSR count). The molecule has 1 heterocycles. The molecule has 1 fully saturated rings. The molecule has 3 nitrogen and oxygen atoms in total. The van der Waals surface area contributed by atoms with Gasteiger partial charge in [0.1, 0.15) is 0 Å². The van der Waals surface area contributed by atoms with Crippen molar-refractivity contribution in [3.05, 3.63) is 0 Å². The summed E-state index contributed by atoms with van der Waals surface area (Å²) in [5.41, 5.74) is -0.524. The molecular weight excluding hydrogens is 164 g/mol. The van der Waals surface area contributed by atoms with Gasteiger partial charge >= 0.3 is 0 Å². The van der Waals surface area contributed by atoms with Crippen LogP contribution in [0, 0.1) is 11.3 Å². The molecule has 74 valence electrons. The third kappa shape index (κ3) is 2.98. The minimum atomic E-state index is -0.524. The van der Waals surface area contributed by atoms with Gasteiger partial charge in [0.15, 0.2) is 0 Å². The highest BCUT2D eigenvalue weighted by Crippen LogP contribution is 2.22. The number of hydrogen-bond donors (Lipinski definition) is 1. The van der Waals surface area contributed by atoms with Crippen molar-refractivity contribution < 1.29 is 5.11 Å². The maximum Gasteiger partial charge on any atom is 0.0949 e. The van der Waals surface area contributed by atoms with Gasteiger partial charge in [-0.05, 0) is 39.7 Å². The van der Waals surface area contributed by atoms with E-state index in [0.29, 0.717) is 0 Å². The molecule has 0 radical (unpaired) electrons. The fourth-order valence-corrected chi connectivity index (χ4v) is 1.75. The molecule has 1 aliphatic rings. The van der Waals surface area contributed by atoms with E-state index >= 15 is 0 Å². The molecule has 2 unspecified atom stereocenters. The molecule has 13 heavy (non-hydrogen) atoms. The van der Waals surface area contributed by atoms with Crippen molar-refractivity contribution in [2.45, 2.75) is 44.8 Å². The summed E-state index contributed by atoms with van der Waals surface area (Å²) in [5, 5.41) is 18.6. The Morgan fingerprint density at radius 1 is 1.46 bits per heavy atom. The van der Waals surface area contributed by atoms with E-state index in [4.69, 9.17) is 5.26 Å². The van der Waals surface area contributed by atoms with Crippen molar-refractivity contribution in [1.82, 2.24) is 4.90 Å². The van der Waals surface area contributed by atoms with E-state index < -0.39 is 5.60 Å². The zero-order valence-corrected chi connectivity index (χ0v) is 8.45. The van der Waals surface area contributed by atoms with Crippen LogP contribution in [0.1, 0.15) is 33.1 Å². The van der Waals surface area contributed by atoms with Crippen LogP contribution in [0.25, 0.3) is 0 Å². The van der Waals surface area contributed by atoms with Crippen LogP contribution < -0.4 is 0 Å². The van der Waals surface area contributed by atoms with Crippen molar-refractivity contribution in [3.63, 3.8) is 0 Å². The molecule has 0 aromatic carbocycles. The number of hydrogen-bond acceptors (Lipinski definition) is 3. The topological polar surface area (TPSA) is 47.3 Å². The number of aliphatic hydroxyl groups is 1. The minimum absolute atomic E-state index is 0.0195. The van der Waals surface area contributed by atoms with Crippen LogP contribution in [-0.4, -0.2) is 34.7 Å². The Kier molecular flexibility index (Phi) is 3.29. The van der Waals surface area contributed by atoms with Gasteiger partial charge < -0.3 is 5.11 Å². The van der Waals surface area contributed by atoms with Crippen LogP contribution in [0.15, 0.2) is 0 Å². The second-order valence-corrected chi connectivity index (χ2v) is 4.19. The van der Waals surface area contributed by atoms with E-state index in [1.807, 2.05) is 13.8 Å². The van der Waals surface area contributed by atoms with Gasteiger partial charge in [0.25, 0.3) is 0 Å². The van der Waals surface area contributed by atoms with Crippen LogP contribution in [0.3, 0.4) is 0 Å². The Morgan fingerprint density at radius 2 is 2.15 bits per heavy atom. The maximum atomic E-state index is 9.82. The van der Waals surface area contributed by atoms with E-state index in [1.54, 1.807) is 0 Å². The largest absolute Gasteiger partial charge is 0.390 e. The fourth-order valence-electron chi connectivity index (χ4n) is 1.75. The van der Waals surface area contributed by atoms with E-state index in [9.17, 15) is 5.11 Å². The highest BCUT2D eigenvalue weighted by atomic mass is 16.3. The number of rotatable bonds is 1. The first-order valence-electron chi connectivity index (χ1n) is 4.91. The molecule has 0 aromatic heterocycles. The zero-order chi connectivity index (χ0) is 9.90. The SMILES string of the molecule is CC(C#N)N1CCCC(C)(O)CC1. The average molecular weight is 182 g/mol. The predicted octanol–water partition coefficient (Wildman–Crippen LogP) is 1.14. The molecule has 0 saturated carbocycles. The fraction of sp³-hybridized carbons (Fsp3) is 0.900. The lowest BCUT2D eigenvalue weighted by Gasteiger charge is -2.23. The monoisotopic (exact) mass is 182 g/mol. The summed E-state index contributed by atoms with van der Waals surface area (Å²) >= 11 is 0. The molecule has 2 atom stereocenters. The molecule has 1 saturated heterocycles. The lowest BCUT2D eigenvalue weighted by Crippen LogP contribution is -2.34. The minimum Gasteiger partial charge on any atom is -0.390 e. The van der Waals surface area contributed by atoms with E-state index in [-0.39, 0.29) is 6.04 Å². The summed E-state index contributed by atoms with van der Waals surface area (Å²) in [6, 6.07) is 2.21. The summed E-state index contributed by atoms with van der Waals surface area (Å²) < 4.78 is 0. The van der Waals surface area contributed by atoms with Crippen LogP contribution in [0.4, 0.5) is 0 Å². The van der Waals surface area contributed by atoms with Gasteiger partial charge in [-0.1, -0.05) is 0 Å². The summed E-state index contributed by atoms with van der Waals surface area (Å²) in [5.74, 6) is 0. The number of likely N-dealkylation sites (tertiary alicyclic amines) is 1. The summed E-state index contributed by atoms with van der Waals surface area (Å²) in [4.78, 5) is 2.14. The van der Waals surface area contributed by atoms with E-state index in [1.165, 1.54) is 0 Å². The normalized spacial score (nSPS) is 33.4. The lowest BCUT2D eigenvalue weighted by atomic mass is 9.98. The average Bonchev–Trinajstić information content (AvgIpc) is 2.25. The van der Waals surface area contributed by atoms with Gasteiger partial charge in [0, 0.05) is 6.54 Å². The van der Waals surface area contributed by atoms with Crippen molar-refractivity contribution in [1.29, 1.82) is 5.26 Å². The molecule has 0 amide bonds. The van der Waals surface area contributed by atoms with Gasteiger partial charge in [-0.15, -0.1) is 0 Å². The Morgan fingerprint density at radius 3 is 2.77 bits per heavy atom. The zero-order valence-electron chi connectivity index (χ0n) is 8.45. The van der Waals surface area contributed by atoms with Gasteiger partial charge in [0.05, 0.1) is 17.7 Å². The molecular formula is C10H18N2O. The van der Waals surface area contributed by atoms with Crippen molar-refractivity contribution in [2.75, 3.05) is 13.1 Å². The molecule has 3 heteroatoms. The summed E-state index contributed by atoms with van der Waals surface area (Å²) in [6.45, 7) is 5.57. The van der Waals surface area contributed by atoms with Crippen LogP contribution >= 0.6 is 0 Å². The Balaban J connectivity index is 2.51. The van der Waals surface area contributed by atoms with Crippen molar-refractivity contribution in [2.24, 2.45) is 0 Å². The highest BCUT2D eigenvalue weighted by molar-refractivity contribution is 4.90. The maximum absolute atomic E-state index is 9.82. The third-order valence-electron chi connectivity index (χ3n) is 2.83. The predicted molar refractivity (Wildman–Crippen MR) is 51.1 cm³/mol. The molecule has 1 aliphatic heterocycles. The van der Waals surface area contributed by atoms with Gasteiger partial charge in [0.2, 0.25) is 0 Å². The first-order valence-corrected chi connectivity index (χ1v) is 4.91. The first-order chi connectivity index (χ1) is 6.05. The van der Waals surface area contributed by atoms with Gasteiger partial charge in [-0.25, -0.2) is 0 Å². The highest BCUT2D eigenvalue weighted by Gasteiger charge is 2.26. The molecule has 0 aliphatic carbocycles. The van der Waals surface area contributed by atoms with Crippen LogP contribution in [0.5, 0.6) is 0 Å². The molecule has 0 spiro atoms. The molecule has 1 N–H and O–H groups in total. The standard InChI is InChI=1S/C10H18N2O/c1-9(8-11)12-6-3-4-10(2,13)5-7-12/h9,13H,3-7H2,1-2H3. The Labute approximate surface area is 80.0 Å². The smallest absolute Gasteiger partial charge is 0.0949 e. The van der Waals surface area contributed by atoms with Crippen LogP contribution in [0.2, 0.25) is 0 Å². The van der Waals surface area contributed by atoms with Crippen molar-refractivity contribution >= 4 is 0 Å². The second kappa shape index (κ2) is 4.08. The van der Waals surface area contributed by atoms with Gasteiger partial charge in [-0.2, -0.15) is 5.26 Å². The van der Waals surface area contributed by atoms with E-state index in [0.717, 1.165) is 32.4 Å². The number of nitrogens with zero attached hydrogens (tertiary/aromatic N) is 2. The van der Waals surface area contributed by atoms with Crippen LogP contribution in [-0.2, 0) is 0 Å². The van der Waals surface area contributed by atoms with E-state index in [2.05, 4.69) is 11.0 Å². The Hall–Kier alpha value is -0.590. The lowest BCUT2D eigenvalue weighted by molar-refractivity contribution is 0.0441. The Bertz CT molecular complexity index is 207. The molecule has 0 aromatic rings. The second-order valence-electron chi connectivity index (χ2n) is 4.19.